The van der Waals surface area contributed by atoms with Gasteiger partial charge in [-0.05, 0) is 24.8 Å². The van der Waals surface area contributed by atoms with Crippen LogP contribution in [-0.4, -0.2) is 29.0 Å². The smallest absolute Gasteiger partial charge is 0.254 e. The monoisotopic (exact) mass is 276 g/mol. The number of hydrogen-bond donors (Lipinski definition) is 2. The van der Waals surface area contributed by atoms with Gasteiger partial charge in [0, 0.05) is 30.4 Å². The van der Waals surface area contributed by atoms with Gasteiger partial charge in [-0.3, -0.25) is 4.79 Å². The first kappa shape index (κ1) is 13.5. The number of thiophene rings is 1. The third kappa shape index (κ3) is 4.03. The van der Waals surface area contributed by atoms with Crippen molar-refractivity contribution in [2.75, 3.05) is 18.4 Å². The van der Waals surface area contributed by atoms with Crippen LogP contribution in [0.3, 0.4) is 0 Å². The van der Waals surface area contributed by atoms with Gasteiger partial charge >= 0.3 is 0 Å². The normalized spacial score (nSPS) is 10.2. The predicted octanol–water partition coefficient (Wildman–Crippen LogP) is 1.94. The quantitative estimate of drug-likeness (QED) is 0.846. The molecule has 2 N–H and O–H groups in total. The van der Waals surface area contributed by atoms with Crippen molar-refractivity contribution in [3.8, 4) is 0 Å². The van der Waals surface area contributed by atoms with Gasteiger partial charge in [0.05, 0.1) is 5.56 Å². The number of hydrogen-bond acceptors (Lipinski definition) is 5. The number of aromatic nitrogens is 2. The zero-order valence-corrected chi connectivity index (χ0v) is 11.5. The fraction of sp³-hybridized carbons (Fsp3) is 0.308. The van der Waals surface area contributed by atoms with Crippen LogP contribution in [0.4, 0.5) is 5.95 Å². The van der Waals surface area contributed by atoms with E-state index in [0.29, 0.717) is 18.1 Å². The van der Waals surface area contributed by atoms with Crippen LogP contribution in [0.25, 0.3) is 0 Å². The topological polar surface area (TPSA) is 66.9 Å². The second-order valence-electron chi connectivity index (χ2n) is 3.91. The molecule has 0 aromatic carbocycles. The summed E-state index contributed by atoms with van der Waals surface area (Å²) in [6, 6.07) is 4.07. The lowest BCUT2D eigenvalue weighted by Crippen LogP contribution is -2.25. The molecule has 2 aromatic rings. The molecular weight excluding hydrogens is 260 g/mol. The van der Waals surface area contributed by atoms with Crippen LogP contribution < -0.4 is 10.6 Å². The van der Waals surface area contributed by atoms with E-state index in [0.717, 1.165) is 13.0 Å². The van der Waals surface area contributed by atoms with Gasteiger partial charge in [-0.25, -0.2) is 9.97 Å². The lowest BCUT2D eigenvalue weighted by atomic mass is 10.3. The molecule has 5 nitrogen and oxygen atoms in total. The van der Waals surface area contributed by atoms with Crippen LogP contribution in [0.15, 0.2) is 29.9 Å². The van der Waals surface area contributed by atoms with Gasteiger partial charge < -0.3 is 10.6 Å². The van der Waals surface area contributed by atoms with Crippen molar-refractivity contribution in [2.24, 2.45) is 0 Å². The lowest BCUT2D eigenvalue weighted by Gasteiger charge is -2.05. The number of nitrogens with zero attached hydrogens (tertiary/aromatic N) is 2. The minimum absolute atomic E-state index is 0.139. The maximum absolute atomic E-state index is 11.8. The Bertz CT molecular complexity index is 510. The summed E-state index contributed by atoms with van der Waals surface area (Å²) >= 11 is 1.69. The standard InChI is InChI=1S/C13H16N4OS/c1-2-14-13-16-8-10(9-17-13)12(18)15-6-5-11-4-3-7-19-11/h3-4,7-9H,2,5-6H2,1H3,(H,15,18)(H,14,16,17). The van der Waals surface area contributed by atoms with Gasteiger partial charge in [0.2, 0.25) is 5.95 Å². The highest BCUT2D eigenvalue weighted by Gasteiger charge is 2.06. The van der Waals surface area contributed by atoms with E-state index in [4.69, 9.17) is 0 Å². The van der Waals surface area contributed by atoms with Crippen molar-refractivity contribution < 1.29 is 4.79 Å². The zero-order chi connectivity index (χ0) is 13.5. The summed E-state index contributed by atoms with van der Waals surface area (Å²) in [5.74, 6) is 0.400. The first-order chi connectivity index (χ1) is 9.29. The number of rotatable bonds is 6. The predicted molar refractivity (Wildman–Crippen MR) is 76.6 cm³/mol. The molecule has 0 aliphatic carbocycles. The third-order valence-corrected chi connectivity index (χ3v) is 3.42. The molecule has 1 amide bonds. The molecule has 0 aliphatic heterocycles. The van der Waals surface area contributed by atoms with Gasteiger partial charge in [-0.1, -0.05) is 6.07 Å². The largest absolute Gasteiger partial charge is 0.355 e. The van der Waals surface area contributed by atoms with Crippen molar-refractivity contribution in [3.05, 3.63) is 40.3 Å². The number of carbonyl (C=O) groups excluding carboxylic acids is 1. The van der Waals surface area contributed by atoms with E-state index in [1.54, 1.807) is 11.3 Å². The molecule has 0 radical (unpaired) electrons. The van der Waals surface area contributed by atoms with E-state index in [1.165, 1.54) is 17.3 Å². The van der Waals surface area contributed by atoms with E-state index in [2.05, 4.69) is 26.7 Å². The Morgan fingerprint density at radius 1 is 1.37 bits per heavy atom. The summed E-state index contributed by atoms with van der Waals surface area (Å²) in [6.45, 7) is 3.34. The van der Waals surface area contributed by atoms with E-state index < -0.39 is 0 Å². The number of nitrogens with one attached hydrogen (secondary N) is 2. The van der Waals surface area contributed by atoms with Crippen LogP contribution in [-0.2, 0) is 6.42 Å². The first-order valence-electron chi connectivity index (χ1n) is 6.16. The summed E-state index contributed by atoms with van der Waals surface area (Å²) in [6.07, 6.45) is 3.91. The first-order valence-corrected chi connectivity index (χ1v) is 7.04. The molecule has 0 aliphatic rings. The van der Waals surface area contributed by atoms with Gasteiger partial charge in [-0.15, -0.1) is 11.3 Å². The van der Waals surface area contributed by atoms with E-state index in [-0.39, 0.29) is 5.91 Å². The zero-order valence-electron chi connectivity index (χ0n) is 10.7. The highest BCUT2D eigenvalue weighted by molar-refractivity contribution is 7.09. The Hall–Kier alpha value is -1.95. The molecule has 0 fully saturated rings. The van der Waals surface area contributed by atoms with Crippen LogP contribution in [0.5, 0.6) is 0 Å². The summed E-state index contributed by atoms with van der Waals surface area (Å²) in [7, 11) is 0. The highest BCUT2D eigenvalue weighted by Crippen LogP contribution is 2.08. The summed E-state index contributed by atoms with van der Waals surface area (Å²) < 4.78 is 0. The molecule has 0 atom stereocenters. The Labute approximate surface area is 116 Å². The van der Waals surface area contributed by atoms with Crippen molar-refractivity contribution in [2.45, 2.75) is 13.3 Å². The number of amides is 1. The molecule has 100 valence electrons. The Balaban J connectivity index is 1.82. The molecule has 0 bridgehead atoms. The fourth-order valence-electron chi connectivity index (χ4n) is 1.55. The third-order valence-electron chi connectivity index (χ3n) is 2.49. The molecule has 0 saturated heterocycles. The van der Waals surface area contributed by atoms with Crippen molar-refractivity contribution in [1.82, 2.24) is 15.3 Å². The van der Waals surface area contributed by atoms with Crippen LogP contribution in [0.2, 0.25) is 0 Å². The van der Waals surface area contributed by atoms with Gasteiger partial charge in [0.25, 0.3) is 5.91 Å². The Morgan fingerprint density at radius 3 is 2.79 bits per heavy atom. The minimum atomic E-state index is -0.139. The molecule has 2 heterocycles. The molecule has 0 saturated carbocycles. The molecule has 2 aromatic heterocycles. The molecule has 0 unspecified atom stereocenters. The minimum Gasteiger partial charge on any atom is -0.355 e. The Kier molecular flexibility index (Phi) is 4.85. The van der Waals surface area contributed by atoms with E-state index in [9.17, 15) is 4.79 Å². The highest BCUT2D eigenvalue weighted by atomic mass is 32.1. The van der Waals surface area contributed by atoms with Crippen LogP contribution in [0, 0.1) is 0 Å². The average Bonchev–Trinajstić information content (AvgIpc) is 2.93. The van der Waals surface area contributed by atoms with Crippen LogP contribution >= 0.6 is 11.3 Å². The summed E-state index contributed by atoms with van der Waals surface area (Å²) in [5, 5.41) is 7.87. The number of anilines is 1. The van der Waals surface area contributed by atoms with Crippen molar-refractivity contribution in [3.63, 3.8) is 0 Å². The Morgan fingerprint density at radius 2 is 2.16 bits per heavy atom. The van der Waals surface area contributed by atoms with Gasteiger partial charge in [0.15, 0.2) is 0 Å². The second kappa shape index (κ2) is 6.84. The molecular formula is C13H16N4OS. The van der Waals surface area contributed by atoms with Gasteiger partial charge in [0.1, 0.15) is 0 Å². The van der Waals surface area contributed by atoms with E-state index >= 15 is 0 Å². The van der Waals surface area contributed by atoms with E-state index in [1.807, 2.05) is 18.4 Å². The molecule has 2 rings (SSSR count). The van der Waals surface area contributed by atoms with Crippen molar-refractivity contribution >= 4 is 23.2 Å². The maximum atomic E-state index is 11.8. The maximum Gasteiger partial charge on any atom is 0.254 e. The van der Waals surface area contributed by atoms with Crippen molar-refractivity contribution in [1.29, 1.82) is 0 Å². The molecule has 19 heavy (non-hydrogen) atoms. The molecule has 0 spiro atoms. The average molecular weight is 276 g/mol. The van der Waals surface area contributed by atoms with Crippen LogP contribution in [0.1, 0.15) is 22.2 Å². The SMILES string of the molecule is CCNc1ncc(C(=O)NCCc2cccs2)cn1. The number of carbonyl (C=O) groups is 1. The second-order valence-corrected chi connectivity index (χ2v) is 4.94. The lowest BCUT2D eigenvalue weighted by molar-refractivity contribution is 0.0953. The van der Waals surface area contributed by atoms with Gasteiger partial charge in [-0.2, -0.15) is 0 Å². The summed E-state index contributed by atoms with van der Waals surface area (Å²) in [5.41, 5.74) is 0.479. The molecule has 6 heteroatoms. The fourth-order valence-corrected chi connectivity index (χ4v) is 2.26. The summed E-state index contributed by atoms with van der Waals surface area (Å²) in [4.78, 5) is 21.2.